The van der Waals surface area contributed by atoms with E-state index in [-0.39, 0.29) is 0 Å². The van der Waals surface area contributed by atoms with Crippen LogP contribution in [0.25, 0.3) is 28.2 Å². The van der Waals surface area contributed by atoms with E-state index in [2.05, 4.69) is 22.1 Å². The standard InChI is InChI=1S/C19H12Cl3N3/c1-11-2-4-12(5-3-11)17-16(14-7-6-13(20)10-15(14)21)18(22)24-19-23-8-9-25(17)19/h2-10H,1H3. The second-order valence-electron chi connectivity index (χ2n) is 5.71. The summed E-state index contributed by atoms with van der Waals surface area (Å²) in [6.45, 7) is 2.05. The van der Waals surface area contributed by atoms with E-state index in [0.29, 0.717) is 21.0 Å². The second-order valence-corrected chi connectivity index (χ2v) is 6.92. The molecule has 0 atom stereocenters. The van der Waals surface area contributed by atoms with Gasteiger partial charge in [0, 0.05) is 28.5 Å². The van der Waals surface area contributed by atoms with Gasteiger partial charge in [-0.05, 0) is 24.6 Å². The number of aromatic nitrogens is 3. The zero-order chi connectivity index (χ0) is 17.6. The van der Waals surface area contributed by atoms with Crippen LogP contribution < -0.4 is 0 Å². The van der Waals surface area contributed by atoms with Crippen LogP contribution in [0.5, 0.6) is 0 Å². The molecule has 0 aliphatic rings. The molecule has 0 unspecified atom stereocenters. The largest absolute Gasteiger partial charge is 0.283 e. The van der Waals surface area contributed by atoms with Gasteiger partial charge in [0.05, 0.1) is 10.7 Å². The molecule has 0 bridgehead atoms. The molecular weight excluding hydrogens is 377 g/mol. The molecule has 3 nitrogen and oxygen atoms in total. The summed E-state index contributed by atoms with van der Waals surface area (Å²) in [7, 11) is 0. The Kier molecular flexibility index (Phi) is 4.16. The lowest BCUT2D eigenvalue weighted by Crippen LogP contribution is -2.00. The Morgan fingerprint density at radius 1 is 0.960 bits per heavy atom. The predicted octanol–water partition coefficient (Wildman–Crippen LogP) is 6.33. The van der Waals surface area contributed by atoms with E-state index in [1.54, 1.807) is 18.3 Å². The maximum atomic E-state index is 6.54. The van der Waals surface area contributed by atoms with Gasteiger partial charge >= 0.3 is 0 Å². The average Bonchev–Trinajstić information content (AvgIpc) is 3.03. The molecule has 0 spiro atoms. The molecule has 0 N–H and O–H groups in total. The molecule has 2 aromatic heterocycles. The fourth-order valence-corrected chi connectivity index (χ4v) is 3.61. The van der Waals surface area contributed by atoms with Crippen LogP contribution in [0, 0.1) is 6.92 Å². The molecule has 2 aromatic carbocycles. The van der Waals surface area contributed by atoms with Gasteiger partial charge in [0.2, 0.25) is 5.78 Å². The van der Waals surface area contributed by atoms with Gasteiger partial charge in [-0.25, -0.2) is 4.98 Å². The van der Waals surface area contributed by atoms with Crippen LogP contribution in [0.3, 0.4) is 0 Å². The van der Waals surface area contributed by atoms with Crippen molar-refractivity contribution in [3.63, 3.8) is 0 Å². The fourth-order valence-electron chi connectivity index (χ4n) is 2.84. The quantitative estimate of drug-likeness (QED) is 0.375. The summed E-state index contributed by atoms with van der Waals surface area (Å²) >= 11 is 19.0. The number of imidazole rings is 1. The first-order valence-corrected chi connectivity index (χ1v) is 8.73. The van der Waals surface area contributed by atoms with E-state index < -0.39 is 0 Å². The lowest BCUT2D eigenvalue weighted by Gasteiger charge is -2.15. The van der Waals surface area contributed by atoms with Crippen LogP contribution in [0.1, 0.15) is 5.56 Å². The number of benzene rings is 2. The number of hydrogen-bond acceptors (Lipinski definition) is 2. The molecule has 4 aromatic rings. The lowest BCUT2D eigenvalue weighted by molar-refractivity contribution is 1.12. The van der Waals surface area contributed by atoms with Crippen LogP contribution in [-0.2, 0) is 0 Å². The van der Waals surface area contributed by atoms with Gasteiger partial charge in [0.15, 0.2) is 0 Å². The summed E-state index contributed by atoms with van der Waals surface area (Å²) in [5, 5.41) is 1.43. The molecular formula is C19H12Cl3N3. The maximum Gasteiger partial charge on any atom is 0.235 e. The Morgan fingerprint density at radius 2 is 1.72 bits per heavy atom. The summed E-state index contributed by atoms with van der Waals surface area (Å²) in [6, 6.07) is 13.6. The first-order chi connectivity index (χ1) is 12.0. The maximum absolute atomic E-state index is 6.54. The average molecular weight is 389 g/mol. The molecule has 6 heteroatoms. The van der Waals surface area contributed by atoms with Crippen molar-refractivity contribution in [3.05, 3.63) is 75.6 Å². The molecule has 0 amide bonds. The summed E-state index contributed by atoms with van der Waals surface area (Å²) < 4.78 is 1.91. The van der Waals surface area contributed by atoms with E-state index in [9.17, 15) is 0 Å². The lowest BCUT2D eigenvalue weighted by atomic mass is 9.99. The summed E-state index contributed by atoms with van der Waals surface area (Å²) in [4.78, 5) is 8.67. The van der Waals surface area contributed by atoms with Crippen LogP contribution in [0.2, 0.25) is 15.2 Å². The van der Waals surface area contributed by atoms with Crippen molar-refractivity contribution in [2.24, 2.45) is 0 Å². The minimum absolute atomic E-state index is 0.346. The SMILES string of the molecule is Cc1ccc(-c2c(-c3ccc(Cl)cc3Cl)c(Cl)nc3nccn23)cc1. The Bertz CT molecular complexity index is 1090. The highest BCUT2D eigenvalue weighted by atomic mass is 35.5. The van der Waals surface area contributed by atoms with Crippen molar-refractivity contribution in [1.29, 1.82) is 0 Å². The summed E-state index contributed by atoms with van der Waals surface area (Å²) in [5.41, 5.74) is 4.58. The molecule has 0 saturated heterocycles. The zero-order valence-corrected chi connectivity index (χ0v) is 15.4. The van der Waals surface area contributed by atoms with Gasteiger partial charge in [-0.15, -0.1) is 0 Å². The van der Waals surface area contributed by atoms with Crippen LogP contribution in [-0.4, -0.2) is 14.4 Å². The number of rotatable bonds is 2. The molecule has 0 radical (unpaired) electrons. The Balaban J connectivity index is 2.11. The van der Waals surface area contributed by atoms with Crippen molar-refractivity contribution in [2.75, 3.05) is 0 Å². The Morgan fingerprint density at radius 3 is 2.44 bits per heavy atom. The molecule has 0 aliphatic heterocycles. The highest BCUT2D eigenvalue weighted by Crippen LogP contribution is 2.41. The van der Waals surface area contributed by atoms with E-state index in [0.717, 1.165) is 22.4 Å². The van der Waals surface area contributed by atoms with E-state index in [1.807, 2.05) is 35.7 Å². The first kappa shape index (κ1) is 16.4. The summed E-state index contributed by atoms with van der Waals surface area (Å²) in [6.07, 6.45) is 3.56. The fraction of sp³-hybridized carbons (Fsp3) is 0.0526. The molecule has 2 heterocycles. The molecule has 124 valence electrons. The Labute approximate surface area is 159 Å². The van der Waals surface area contributed by atoms with Gasteiger partial charge in [-0.3, -0.25) is 4.40 Å². The van der Waals surface area contributed by atoms with Crippen LogP contribution in [0.4, 0.5) is 0 Å². The smallest absolute Gasteiger partial charge is 0.235 e. The van der Waals surface area contributed by atoms with Crippen LogP contribution in [0.15, 0.2) is 54.9 Å². The Hall–Kier alpha value is -2.07. The van der Waals surface area contributed by atoms with E-state index in [4.69, 9.17) is 34.8 Å². The third-order valence-electron chi connectivity index (χ3n) is 4.03. The highest BCUT2D eigenvalue weighted by molar-refractivity contribution is 6.38. The van der Waals surface area contributed by atoms with Crippen LogP contribution >= 0.6 is 34.8 Å². The number of nitrogens with zero attached hydrogens (tertiary/aromatic N) is 3. The minimum atomic E-state index is 0.346. The van der Waals surface area contributed by atoms with Crippen molar-refractivity contribution in [3.8, 4) is 22.4 Å². The van der Waals surface area contributed by atoms with Crippen molar-refractivity contribution in [1.82, 2.24) is 14.4 Å². The number of halogens is 3. The molecule has 4 rings (SSSR count). The monoisotopic (exact) mass is 387 g/mol. The van der Waals surface area contributed by atoms with Gasteiger partial charge in [0.1, 0.15) is 5.15 Å². The first-order valence-electron chi connectivity index (χ1n) is 7.59. The number of fused-ring (bicyclic) bond motifs is 1. The van der Waals surface area contributed by atoms with Gasteiger partial charge in [-0.1, -0.05) is 70.7 Å². The van der Waals surface area contributed by atoms with Crippen molar-refractivity contribution in [2.45, 2.75) is 6.92 Å². The third kappa shape index (κ3) is 2.89. The van der Waals surface area contributed by atoms with Crippen molar-refractivity contribution < 1.29 is 0 Å². The molecule has 25 heavy (non-hydrogen) atoms. The second kappa shape index (κ2) is 6.34. The third-order valence-corrected chi connectivity index (χ3v) is 4.85. The van der Waals surface area contributed by atoms with Crippen molar-refractivity contribution >= 4 is 40.6 Å². The number of hydrogen-bond donors (Lipinski definition) is 0. The topological polar surface area (TPSA) is 30.2 Å². The number of aryl methyl sites for hydroxylation is 1. The normalized spacial score (nSPS) is 11.2. The van der Waals surface area contributed by atoms with E-state index >= 15 is 0 Å². The van der Waals surface area contributed by atoms with Gasteiger partial charge in [0.25, 0.3) is 0 Å². The molecule has 0 saturated carbocycles. The van der Waals surface area contributed by atoms with Gasteiger partial charge < -0.3 is 0 Å². The zero-order valence-electron chi connectivity index (χ0n) is 13.2. The molecule has 0 aliphatic carbocycles. The predicted molar refractivity (Wildman–Crippen MR) is 104 cm³/mol. The van der Waals surface area contributed by atoms with Gasteiger partial charge in [-0.2, -0.15) is 4.98 Å². The summed E-state index contributed by atoms with van der Waals surface area (Å²) in [5.74, 6) is 0.536. The minimum Gasteiger partial charge on any atom is -0.283 e. The highest BCUT2D eigenvalue weighted by Gasteiger charge is 2.20. The molecule has 0 fully saturated rings. The van der Waals surface area contributed by atoms with E-state index in [1.165, 1.54) is 5.56 Å².